The van der Waals surface area contributed by atoms with Gasteiger partial charge in [0.15, 0.2) is 0 Å². The number of amides is 2. The number of piperidine rings is 1. The van der Waals surface area contributed by atoms with Crippen LogP contribution in [0.2, 0.25) is 0 Å². The molecule has 0 radical (unpaired) electrons. The van der Waals surface area contributed by atoms with Gasteiger partial charge in [-0.2, -0.15) is 13.2 Å². The van der Waals surface area contributed by atoms with Crippen LogP contribution in [0.4, 0.5) is 13.2 Å². The maximum absolute atomic E-state index is 13.3. The molecule has 5 nitrogen and oxygen atoms in total. The van der Waals surface area contributed by atoms with Crippen molar-refractivity contribution in [3.8, 4) is 0 Å². The Hall–Kier alpha value is -2.72. The van der Waals surface area contributed by atoms with Crippen LogP contribution < -0.4 is 5.32 Å². The number of thiophene rings is 1. The zero-order chi connectivity index (χ0) is 22.7. The van der Waals surface area contributed by atoms with E-state index in [1.807, 2.05) is 17.5 Å². The molecule has 0 bridgehead atoms. The number of benzene rings is 1. The minimum Gasteiger partial charge on any atom is -0.346 e. The van der Waals surface area contributed by atoms with Crippen LogP contribution in [0.15, 0.2) is 47.2 Å². The Balaban J connectivity index is 1.35. The third kappa shape index (κ3) is 5.02. The predicted octanol–water partition coefficient (Wildman–Crippen LogP) is 5.17. The second kappa shape index (κ2) is 9.41. The first-order valence-electron chi connectivity index (χ1n) is 10.0. The molecule has 10 heteroatoms. The van der Waals surface area contributed by atoms with E-state index in [4.69, 9.17) is 0 Å². The molecule has 32 heavy (non-hydrogen) atoms. The smallest absolute Gasteiger partial charge is 0.346 e. The van der Waals surface area contributed by atoms with Gasteiger partial charge in [-0.25, -0.2) is 4.98 Å². The van der Waals surface area contributed by atoms with Gasteiger partial charge >= 0.3 is 6.18 Å². The summed E-state index contributed by atoms with van der Waals surface area (Å²) >= 11 is 2.96. The summed E-state index contributed by atoms with van der Waals surface area (Å²) in [6, 6.07) is 8.74. The highest BCUT2D eigenvalue weighted by Crippen LogP contribution is 2.34. The van der Waals surface area contributed by atoms with Crippen molar-refractivity contribution >= 4 is 34.5 Å². The van der Waals surface area contributed by atoms with Gasteiger partial charge in [0, 0.05) is 29.3 Å². The van der Waals surface area contributed by atoms with Crippen LogP contribution in [0, 0.1) is 0 Å². The van der Waals surface area contributed by atoms with E-state index in [2.05, 4.69) is 10.3 Å². The minimum atomic E-state index is -4.58. The number of alkyl halides is 3. The predicted molar refractivity (Wildman–Crippen MR) is 117 cm³/mol. The largest absolute Gasteiger partial charge is 0.417 e. The standard InChI is InChI=1S/C22H20F3N3O2S2/c23-22(24,25)17-6-2-1-5-16(17)21(30)28-9-7-14(8-10-28)20-27-18(13-32-20)19(29)26-12-15-4-3-11-31-15/h1-6,11,13-14H,7-10,12H2,(H,26,29). The average molecular weight is 480 g/mol. The normalized spacial score (nSPS) is 15.0. The Morgan fingerprint density at radius 2 is 1.84 bits per heavy atom. The Morgan fingerprint density at radius 3 is 2.53 bits per heavy atom. The number of hydrogen-bond acceptors (Lipinski definition) is 5. The topological polar surface area (TPSA) is 62.3 Å². The van der Waals surface area contributed by atoms with E-state index >= 15 is 0 Å². The molecule has 0 saturated carbocycles. The first-order chi connectivity index (χ1) is 15.3. The molecule has 1 N–H and O–H groups in total. The van der Waals surface area contributed by atoms with Crippen LogP contribution in [-0.4, -0.2) is 34.8 Å². The van der Waals surface area contributed by atoms with Crippen LogP contribution in [0.3, 0.4) is 0 Å². The number of carbonyl (C=O) groups excluding carboxylic acids is 2. The van der Waals surface area contributed by atoms with E-state index in [1.54, 1.807) is 16.7 Å². The maximum Gasteiger partial charge on any atom is 0.417 e. The summed E-state index contributed by atoms with van der Waals surface area (Å²) in [6.07, 6.45) is -3.40. The molecule has 2 aromatic heterocycles. The number of nitrogens with zero attached hydrogens (tertiary/aromatic N) is 2. The molecule has 1 saturated heterocycles. The Bertz CT molecular complexity index is 1090. The Kier molecular flexibility index (Phi) is 6.61. The van der Waals surface area contributed by atoms with Crippen LogP contribution in [0.5, 0.6) is 0 Å². The number of carbonyl (C=O) groups is 2. The van der Waals surface area contributed by atoms with Gasteiger partial charge in [0.2, 0.25) is 0 Å². The number of thiazole rings is 1. The molecule has 0 atom stereocenters. The highest BCUT2D eigenvalue weighted by Gasteiger charge is 2.36. The molecular formula is C22H20F3N3O2S2. The minimum absolute atomic E-state index is 0.0701. The summed E-state index contributed by atoms with van der Waals surface area (Å²) in [7, 11) is 0. The lowest BCUT2D eigenvalue weighted by atomic mass is 9.96. The van der Waals surface area contributed by atoms with Crippen molar-refractivity contribution in [1.82, 2.24) is 15.2 Å². The first-order valence-corrected chi connectivity index (χ1v) is 11.8. The fourth-order valence-electron chi connectivity index (χ4n) is 3.67. The molecule has 1 fully saturated rings. The zero-order valence-electron chi connectivity index (χ0n) is 16.9. The molecule has 0 unspecified atom stereocenters. The monoisotopic (exact) mass is 479 g/mol. The average Bonchev–Trinajstić information content (AvgIpc) is 3.49. The molecular weight excluding hydrogens is 459 g/mol. The van der Waals surface area contributed by atoms with E-state index in [9.17, 15) is 22.8 Å². The fourth-order valence-corrected chi connectivity index (χ4v) is 5.28. The lowest BCUT2D eigenvalue weighted by molar-refractivity contribution is -0.138. The van der Waals surface area contributed by atoms with Gasteiger partial charge in [-0.05, 0) is 36.4 Å². The number of hydrogen-bond donors (Lipinski definition) is 1. The van der Waals surface area contributed by atoms with Crippen molar-refractivity contribution in [1.29, 1.82) is 0 Å². The van der Waals surface area contributed by atoms with Crippen molar-refractivity contribution < 1.29 is 22.8 Å². The van der Waals surface area contributed by atoms with Gasteiger partial charge in [0.1, 0.15) is 5.69 Å². The van der Waals surface area contributed by atoms with Gasteiger partial charge in [-0.1, -0.05) is 18.2 Å². The van der Waals surface area contributed by atoms with Gasteiger partial charge in [-0.3, -0.25) is 9.59 Å². The zero-order valence-corrected chi connectivity index (χ0v) is 18.5. The fraction of sp³-hybridized carbons (Fsp3) is 0.318. The van der Waals surface area contributed by atoms with Gasteiger partial charge < -0.3 is 10.2 Å². The first kappa shape index (κ1) is 22.5. The lowest BCUT2D eigenvalue weighted by Crippen LogP contribution is -2.38. The molecule has 3 heterocycles. The van der Waals surface area contributed by atoms with Crippen LogP contribution in [0.25, 0.3) is 0 Å². The van der Waals surface area contributed by atoms with Crippen molar-refractivity contribution in [3.05, 3.63) is 73.9 Å². The number of aromatic nitrogens is 1. The van der Waals surface area contributed by atoms with Crippen molar-refractivity contribution in [2.45, 2.75) is 31.5 Å². The van der Waals surface area contributed by atoms with Crippen molar-refractivity contribution in [2.75, 3.05) is 13.1 Å². The van der Waals surface area contributed by atoms with Gasteiger partial charge in [0.25, 0.3) is 11.8 Å². The highest BCUT2D eigenvalue weighted by atomic mass is 32.1. The third-order valence-corrected chi connectivity index (χ3v) is 7.24. The van der Waals surface area contributed by atoms with E-state index in [0.29, 0.717) is 38.2 Å². The highest BCUT2D eigenvalue weighted by molar-refractivity contribution is 7.10. The maximum atomic E-state index is 13.3. The summed E-state index contributed by atoms with van der Waals surface area (Å²) in [5.41, 5.74) is -0.873. The van der Waals surface area contributed by atoms with Crippen LogP contribution in [-0.2, 0) is 12.7 Å². The summed E-state index contributed by atoms with van der Waals surface area (Å²) in [5.74, 6) is -0.776. The molecule has 168 valence electrons. The van der Waals surface area contributed by atoms with Crippen molar-refractivity contribution in [2.24, 2.45) is 0 Å². The summed E-state index contributed by atoms with van der Waals surface area (Å²) in [6.45, 7) is 1.13. The number of halogens is 3. The van der Waals surface area contributed by atoms with Gasteiger partial charge in [-0.15, -0.1) is 22.7 Å². The van der Waals surface area contributed by atoms with E-state index in [1.165, 1.54) is 34.4 Å². The molecule has 2 amide bonds. The number of likely N-dealkylation sites (tertiary alicyclic amines) is 1. The molecule has 0 aliphatic carbocycles. The molecule has 1 aliphatic heterocycles. The van der Waals surface area contributed by atoms with Crippen LogP contribution in [0.1, 0.15) is 55.1 Å². The molecule has 1 aromatic carbocycles. The molecule has 0 spiro atoms. The third-order valence-electron chi connectivity index (χ3n) is 5.35. The van der Waals surface area contributed by atoms with Crippen LogP contribution >= 0.6 is 22.7 Å². The number of rotatable bonds is 5. The van der Waals surface area contributed by atoms with E-state index in [0.717, 1.165) is 16.0 Å². The summed E-state index contributed by atoms with van der Waals surface area (Å²) in [5, 5.41) is 7.32. The molecule has 1 aliphatic rings. The molecule has 4 rings (SSSR count). The van der Waals surface area contributed by atoms with Crippen molar-refractivity contribution in [3.63, 3.8) is 0 Å². The SMILES string of the molecule is O=C(NCc1cccs1)c1csc(C2CCN(C(=O)c3ccccc3C(F)(F)F)CC2)n1. The van der Waals surface area contributed by atoms with Gasteiger partial charge in [0.05, 0.1) is 22.7 Å². The van der Waals surface area contributed by atoms with E-state index in [-0.39, 0.29) is 17.4 Å². The number of nitrogens with one attached hydrogen (secondary N) is 1. The molecule has 3 aromatic rings. The second-order valence-electron chi connectivity index (χ2n) is 7.44. The van der Waals surface area contributed by atoms with E-state index < -0.39 is 17.6 Å². The lowest BCUT2D eigenvalue weighted by Gasteiger charge is -2.31. The quantitative estimate of drug-likeness (QED) is 0.549. The second-order valence-corrected chi connectivity index (χ2v) is 9.36. The summed E-state index contributed by atoms with van der Waals surface area (Å²) < 4.78 is 39.8. The summed E-state index contributed by atoms with van der Waals surface area (Å²) in [4.78, 5) is 32.1. The Morgan fingerprint density at radius 1 is 1.09 bits per heavy atom. The Labute approximate surface area is 190 Å².